The number of carbonyl (C=O) groups is 1. The maximum absolute atomic E-state index is 10.8. The molecular weight excluding hydrogens is 272 g/mol. The van der Waals surface area contributed by atoms with Crippen molar-refractivity contribution < 1.29 is 9.90 Å². The van der Waals surface area contributed by atoms with Gasteiger partial charge < -0.3 is 5.11 Å². The minimum absolute atomic E-state index is 0.348. The Bertz CT molecular complexity index is 486. The van der Waals surface area contributed by atoms with Crippen LogP contribution < -0.4 is 0 Å². The van der Waals surface area contributed by atoms with Crippen LogP contribution in [0.4, 0.5) is 0 Å². The molecule has 22 heavy (non-hydrogen) atoms. The maximum Gasteiger partial charge on any atom is 0.328 e. The van der Waals surface area contributed by atoms with E-state index >= 15 is 0 Å². The van der Waals surface area contributed by atoms with Crippen LogP contribution in [0.3, 0.4) is 0 Å². The molecule has 2 aliphatic carbocycles. The van der Waals surface area contributed by atoms with Crippen molar-refractivity contribution in [3.05, 3.63) is 23.8 Å². The van der Waals surface area contributed by atoms with Crippen LogP contribution in [0.15, 0.2) is 23.8 Å². The fourth-order valence-corrected chi connectivity index (χ4v) is 5.46. The Labute approximate surface area is 135 Å². The lowest BCUT2D eigenvalue weighted by molar-refractivity contribution is -0.131. The molecule has 2 aliphatic rings. The lowest BCUT2D eigenvalue weighted by Gasteiger charge is -2.58. The van der Waals surface area contributed by atoms with E-state index in [0.29, 0.717) is 16.7 Å². The maximum atomic E-state index is 10.8. The first-order valence-corrected chi connectivity index (χ1v) is 8.74. The van der Waals surface area contributed by atoms with Gasteiger partial charge in [-0.05, 0) is 68.1 Å². The van der Waals surface area contributed by atoms with Crippen LogP contribution in [0.1, 0.15) is 72.6 Å². The van der Waals surface area contributed by atoms with Crippen LogP contribution in [0, 0.1) is 22.7 Å². The molecule has 0 unspecified atom stereocenters. The SMILES string of the molecule is C=C1CC[C@@H]2C(C)(C)CCC[C@@]2(C)[C@H]1CC/C(C)=C/C(=O)O. The summed E-state index contributed by atoms with van der Waals surface area (Å²) < 4.78 is 0. The lowest BCUT2D eigenvalue weighted by atomic mass is 9.47. The summed E-state index contributed by atoms with van der Waals surface area (Å²) >= 11 is 0. The molecule has 3 atom stereocenters. The number of carboxylic acids is 1. The fraction of sp³-hybridized carbons (Fsp3) is 0.750. The first kappa shape index (κ1) is 17.3. The molecule has 0 spiro atoms. The Morgan fingerprint density at radius 3 is 2.68 bits per heavy atom. The fourth-order valence-electron chi connectivity index (χ4n) is 5.46. The molecule has 0 radical (unpaired) electrons. The molecule has 0 aromatic heterocycles. The molecule has 124 valence electrons. The molecule has 1 N–H and O–H groups in total. The van der Waals surface area contributed by atoms with E-state index in [1.54, 1.807) is 0 Å². The minimum atomic E-state index is -0.831. The highest BCUT2D eigenvalue weighted by Crippen LogP contribution is 2.61. The summed E-state index contributed by atoms with van der Waals surface area (Å²) in [5.41, 5.74) is 3.15. The number of fused-ring (bicyclic) bond motifs is 1. The van der Waals surface area contributed by atoms with Crippen LogP contribution in [-0.2, 0) is 4.79 Å². The van der Waals surface area contributed by atoms with Gasteiger partial charge in [-0.1, -0.05) is 44.9 Å². The van der Waals surface area contributed by atoms with Gasteiger partial charge in [-0.2, -0.15) is 0 Å². The molecule has 2 rings (SSSR count). The third kappa shape index (κ3) is 3.31. The number of rotatable bonds is 4. The predicted octanol–water partition coefficient (Wildman–Crippen LogP) is 5.60. The van der Waals surface area contributed by atoms with Gasteiger partial charge in [0.1, 0.15) is 0 Å². The van der Waals surface area contributed by atoms with Crippen LogP contribution in [0.25, 0.3) is 0 Å². The van der Waals surface area contributed by atoms with Crippen molar-refractivity contribution in [2.75, 3.05) is 0 Å². The van der Waals surface area contributed by atoms with Gasteiger partial charge in [0.05, 0.1) is 0 Å². The third-order valence-corrected chi connectivity index (χ3v) is 6.52. The summed E-state index contributed by atoms with van der Waals surface area (Å²) in [6.07, 6.45) is 9.66. The monoisotopic (exact) mass is 304 g/mol. The Balaban J connectivity index is 2.17. The highest BCUT2D eigenvalue weighted by atomic mass is 16.4. The molecule has 2 heteroatoms. The summed E-state index contributed by atoms with van der Waals surface area (Å²) in [4.78, 5) is 10.8. The van der Waals surface area contributed by atoms with Gasteiger partial charge in [-0.25, -0.2) is 4.79 Å². The zero-order valence-corrected chi connectivity index (χ0v) is 14.7. The molecule has 0 bridgehead atoms. The van der Waals surface area contributed by atoms with Gasteiger partial charge in [-0.15, -0.1) is 0 Å². The quantitative estimate of drug-likeness (QED) is 0.542. The number of hydrogen-bond donors (Lipinski definition) is 1. The van der Waals surface area contributed by atoms with Crippen molar-refractivity contribution in [1.29, 1.82) is 0 Å². The van der Waals surface area contributed by atoms with E-state index < -0.39 is 5.97 Å². The van der Waals surface area contributed by atoms with E-state index in [0.717, 1.165) is 30.8 Å². The standard InChI is InChI=1S/C20H32O2/c1-14(13-18(21)22)7-9-16-15(2)8-10-17-19(3,4)11-6-12-20(16,17)5/h13,16-17H,2,6-12H2,1,3-5H3,(H,21,22)/b14-13+/t16-,17+,20-/m0/s1. The summed E-state index contributed by atoms with van der Waals surface area (Å²) in [7, 11) is 0. The van der Waals surface area contributed by atoms with Crippen molar-refractivity contribution in [1.82, 2.24) is 0 Å². The molecule has 0 aromatic carbocycles. The summed E-state index contributed by atoms with van der Waals surface area (Å²) in [6, 6.07) is 0. The van der Waals surface area contributed by atoms with Crippen LogP contribution in [0.5, 0.6) is 0 Å². The van der Waals surface area contributed by atoms with E-state index in [-0.39, 0.29) is 0 Å². The molecule has 2 fully saturated rings. The number of carboxylic acid groups (broad SMARTS) is 1. The molecule has 0 heterocycles. The Kier molecular flexibility index (Phi) is 4.89. The van der Waals surface area contributed by atoms with Crippen molar-refractivity contribution in [2.45, 2.75) is 72.6 Å². The van der Waals surface area contributed by atoms with E-state index in [1.165, 1.54) is 37.3 Å². The van der Waals surface area contributed by atoms with Crippen LogP contribution in [-0.4, -0.2) is 11.1 Å². The molecule has 0 saturated heterocycles. The van der Waals surface area contributed by atoms with Crippen molar-refractivity contribution in [2.24, 2.45) is 22.7 Å². The molecule has 0 aliphatic heterocycles. The lowest BCUT2D eigenvalue weighted by Crippen LogP contribution is -2.49. The van der Waals surface area contributed by atoms with Crippen molar-refractivity contribution in [3.8, 4) is 0 Å². The normalized spacial score (nSPS) is 35.1. The Hall–Kier alpha value is -1.05. The Morgan fingerprint density at radius 1 is 1.36 bits per heavy atom. The van der Waals surface area contributed by atoms with Gasteiger partial charge in [0.15, 0.2) is 0 Å². The molecule has 0 amide bonds. The zero-order valence-electron chi connectivity index (χ0n) is 14.7. The van der Waals surface area contributed by atoms with E-state index in [4.69, 9.17) is 5.11 Å². The predicted molar refractivity (Wildman–Crippen MR) is 91.7 cm³/mol. The van der Waals surface area contributed by atoms with E-state index in [2.05, 4.69) is 27.4 Å². The number of aliphatic carboxylic acids is 1. The smallest absolute Gasteiger partial charge is 0.328 e. The van der Waals surface area contributed by atoms with Gasteiger partial charge in [0, 0.05) is 6.08 Å². The van der Waals surface area contributed by atoms with Crippen LogP contribution in [0.2, 0.25) is 0 Å². The van der Waals surface area contributed by atoms with Gasteiger partial charge in [0.2, 0.25) is 0 Å². The highest BCUT2D eigenvalue weighted by Gasteiger charge is 2.52. The van der Waals surface area contributed by atoms with Gasteiger partial charge in [0.25, 0.3) is 0 Å². The second kappa shape index (κ2) is 6.22. The first-order valence-electron chi connectivity index (χ1n) is 8.74. The minimum Gasteiger partial charge on any atom is -0.478 e. The number of hydrogen-bond acceptors (Lipinski definition) is 1. The second-order valence-electron chi connectivity index (χ2n) is 8.52. The Morgan fingerprint density at radius 2 is 2.05 bits per heavy atom. The van der Waals surface area contributed by atoms with Crippen molar-refractivity contribution >= 4 is 5.97 Å². The first-order chi connectivity index (χ1) is 10.2. The average molecular weight is 304 g/mol. The topological polar surface area (TPSA) is 37.3 Å². The second-order valence-corrected chi connectivity index (χ2v) is 8.52. The summed E-state index contributed by atoms with van der Waals surface area (Å²) in [5, 5.41) is 8.89. The van der Waals surface area contributed by atoms with Crippen molar-refractivity contribution in [3.63, 3.8) is 0 Å². The summed E-state index contributed by atoms with van der Waals surface area (Å²) in [6.45, 7) is 13.7. The average Bonchev–Trinajstić information content (AvgIpc) is 2.35. The van der Waals surface area contributed by atoms with Crippen LogP contribution >= 0.6 is 0 Å². The summed E-state index contributed by atoms with van der Waals surface area (Å²) in [5.74, 6) is 0.485. The molecule has 0 aromatic rings. The van der Waals surface area contributed by atoms with E-state index in [1.807, 2.05) is 6.92 Å². The molecular formula is C20H32O2. The van der Waals surface area contributed by atoms with Gasteiger partial charge in [-0.3, -0.25) is 0 Å². The largest absolute Gasteiger partial charge is 0.478 e. The molecule has 2 saturated carbocycles. The van der Waals surface area contributed by atoms with Gasteiger partial charge >= 0.3 is 5.97 Å². The zero-order chi connectivity index (χ0) is 16.5. The number of allylic oxidation sites excluding steroid dienone is 2. The third-order valence-electron chi connectivity index (χ3n) is 6.52. The van der Waals surface area contributed by atoms with E-state index in [9.17, 15) is 4.79 Å². The highest BCUT2D eigenvalue weighted by molar-refractivity contribution is 5.80. The molecule has 2 nitrogen and oxygen atoms in total.